The molecule has 0 fully saturated rings. The third-order valence-electron chi connectivity index (χ3n) is 5.24. The minimum atomic E-state index is -0.105. The summed E-state index contributed by atoms with van der Waals surface area (Å²) in [4.78, 5) is 26.8. The van der Waals surface area contributed by atoms with Crippen molar-refractivity contribution in [3.05, 3.63) is 76.6 Å². The molecular formula is C23H28N4O2. The lowest BCUT2D eigenvalue weighted by Gasteiger charge is -2.30. The van der Waals surface area contributed by atoms with Crippen LogP contribution in [0.4, 0.5) is 0 Å². The van der Waals surface area contributed by atoms with E-state index in [-0.39, 0.29) is 17.4 Å². The van der Waals surface area contributed by atoms with E-state index in [1.54, 1.807) is 10.7 Å². The van der Waals surface area contributed by atoms with E-state index in [9.17, 15) is 9.59 Å². The molecule has 0 aliphatic carbocycles. The molecular weight excluding hydrogens is 364 g/mol. The summed E-state index contributed by atoms with van der Waals surface area (Å²) in [5.74, 6) is -0.0253. The van der Waals surface area contributed by atoms with Crippen LogP contribution in [0.15, 0.2) is 65.6 Å². The minimum absolute atomic E-state index is 0.0253. The Morgan fingerprint density at radius 3 is 2.48 bits per heavy atom. The monoisotopic (exact) mass is 392 g/mol. The normalized spacial score (nSPS) is 12.2. The first kappa shape index (κ1) is 20.7. The zero-order valence-corrected chi connectivity index (χ0v) is 17.0. The molecule has 0 aliphatic rings. The zero-order chi connectivity index (χ0) is 20.6. The Balaban J connectivity index is 1.64. The molecule has 152 valence electrons. The number of hydrogen-bond acceptors (Lipinski definition) is 4. The Hall–Kier alpha value is -2.99. The number of nitrogens with one attached hydrogen (secondary N) is 1. The van der Waals surface area contributed by atoms with E-state index < -0.39 is 0 Å². The highest BCUT2D eigenvalue weighted by molar-refractivity contribution is 5.79. The van der Waals surface area contributed by atoms with Gasteiger partial charge in [-0.2, -0.15) is 5.10 Å². The summed E-state index contributed by atoms with van der Waals surface area (Å²) in [7, 11) is 0. The molecule has 0 bridgehead atoms. The molecule has 0 aliphatic heterocycles. The smallest absolute Gasteiger partial charge is 0.221 e. The Morgan fingerprint density at radius 2 is 1.76 bits per heavy atom. The van der Waals surface area contributed by atoms with Crippen molar-refractivity contribution in [2.24, 2.45) is 0 Å². The molecule has 2 aromatic carbocycles. The van der Waals surface area contributed by atoms with E-state index in [1.807, 2.05) is 36.4 Å². The maximum absolute atomic E-state index is 12.5. The average molecular weight is 393 g/mol. The van der Waals surface area contributed by atoms with Crippen LogP contribution in [0.25, 0.3) is 10.9 Å². The fourth-order valence-electron chi connectivity index (χ4n) is 3.64. The summed E-state index contributed by atoms with van der Waals surface area (Å²) in [6.45, 7) is 7.08. The third kappa shape index (κ3) is 5.09. The number of benzene rings is 2. The van der Waals surface area contributed by atoms with Gasteiger partial charge >= 0.3 is 0 Å². The van der Waals surface area contributed by atoms with Gasteiger partial charge < -0.3 is 5.32 Å². The Bertz CT molecular complexity index is 996. The number of carbonyl (C=O) groups excluding carboxylic acids is 1. The van der Waals surface area contributed by atoms with Crippen molar-refractivity contribution in [1.29, 1.82) is 0 Å². The second kappa shape index (κ2) is 9.98. The lowest BCUT2D eigenvalue weighted by molar-refractivity contribution is -0.121. The average Bonchev–Trinajstić information content (AvgIpc) is 2.77. The number of fused-ring (bicyclic) bond motifs is 1. The summed E-state index contributed by atoms with van der Waals surface area (Å²) in [6, 6.07) is 17.7. The van der Waals surface area contributed by atoms with Crippen LogP contribution in [0.3, 0.4) is 0 Å². The minimum Gasteiger partial charge on any atom is -0.354 e. The second-order valence-electron chi connectivity index (χ2n) is 6.95. The Kier molecular flexibility index (Phi) is 7.14. The highest BCUT2D eigenvalue weighted by atomic mass is 16.1. The standard InChI is InChI=1S/C23H28N4O2/c1-3-26(4-2)21(18-10-6-5-7-11-18)16-24-23(29)14-15-27-20-13-9-8-12-19(20)22(28)17-25-27/h5-13,17,21H,3-4,14-16H2,1-2H3,(H,24,29). The molecule has 1 unspecified atom stereocenters. The number of aryl methyl sites for hydroxylation is 1. The predicted octanol–water partition coefficient (Wildman–Crippen LogP) is 2.99. The molecule has 0 saturated heterocycles. The Labute approximate surface area is 171 Å². The van der Waals surface area contributed by atoms with Crippen LogP contribution in [0.2, 0.25) is 0 Å². The molecule has 0 spiro atoms. The van der Waals surface area contributed by atoms with Crippen molar-refractivity contribution in [2.75, 3.05) is 19.6 Å². The molecule has 6 nitrogen and oxygen atoms in total. The molecule has 29 heavy (non-hydrogen) atoms. The van der Waals surface area contributed by atoms with Crippen LogP contribution >= 0.6 is 0 Å². The van der Waals surface area contributed by atoms with Gasteiger partial charge in [-0.25, -0.2) is 0 Å². The van der Waals surface area contributed by atoms with Gasteiger partial charge in [-0.05, 0) is 30.8 Å². The van der Waals surface area contributed by atoms with Crippen LogP contribution in [-0.4, -0.2) is 40.2 Å². The van der Waals surface area contributed by atoms with E-state index in [2.05, 4.69) is 41.3 Å². The van der Waals surface area contributed by atoms with Gasteiger partial charge in [0.15, 0.2) is 0 Å². The van der Waals surface area contributed by atoms with Crippen molar-refractivity contribution in [3.8, 4) is 0 Å². The molecule has 3 rings (SSSR count). The van der Waals surface area contributed by atoms with Crippen molar-refractivity contribution in [2.45, 2.75) is 32.9 Å². The fourth-order valence-corrected chi connectivity index (χ4v) is 3.64. The number of likely N-dealkylation sites (N-methyl/N-ethyl adjacent to an activating group) is 1. The molecule has 1 aromatic heterocycles. The molecule has 3 aromatic rings. The quantitative estimate of drug-likeness (QED) is 0.608. The maximum Gasteiger partial charge on any atom is 0.221 e. The van der Waals surface area contributed by atoms with E-state index in [0.717, 1.165) is 18.6 Å². The van der Waals surface area contributed by atoms with E-state index >= 15 is 0 Å². The summed E-state index contributed by atoms with van der Waals surface area (Å²) >= 11 is 0. The summed E-state index contributed by atoms with van der Waals surface area (Å²) < 4.78 is 1.72. The summed E-state index contributed by atoms with van der Waals surface area (Å²) in [5.41, 5.74) is 1.84. The first-order valence-electron chi connectivity index (χ1n) is 10.1. The lowest BCUT2D eigenvalue weighted by Crippen LogP contribution is -2.38. The van der Waals surface area contributed by atoms with E-state index in [4.69, 9.17) is 0 Å². The highest BCUT2D eigenvalue weighted by Gasteiger charge is 2.18. The molecule has 1 atom stereocenters. The molecule has 6 heteroatoms. The number of hydrogen-bond donors (Lipinski definition) is 1. The van der Waals surface area contributed by atoms with Gasteiger partial charge in [0.2, 0.25) is 11.3 Å². The van der Waals surface area contributed by atoms with Crippen LogP contribution < -0.4 is 10.7 Å². The molecule has 1 amide bonds. The highest BCUT2D eigenvalue weighted by Crippen LogP contribution is 2.19. The first-order valence-corrected chi connectivity index (χ1v) is 10.1. The largest absolute Gasteiger partial charge is 0.354 e. The van der Waals surface area contributed by atoms with Gasteiger partial charge in [-0.3, -0.25) is 19.2 Å². The van der Waals surface area contributed by atoms with E-state index in [1.165, 1.54) is 11.8 Å². The topological polar surface area (TPSA) is 67.2 Å². The van der Waals surface area contributed by atoms with Crippen molar-refractivity contribution in [3.63, 3.8) is 0 Å². The SMILES string of the molecule is CCN(CC)C(CNC(=O)CCn1ncc(=O)c2ccccc21)c1ccccc1. The molecule has 1 N–H and O–H groups in total. The van der Waals surface area contributed by atoms with Gasteiger partial charge in [0.25, 0.3) is 0 Å². The van der Waals surface area contributed by atoms with Crippen molar-refractivity contribution < 1.29 is 4.79 Å². The summed E-state index contributed by atoms with van der Waals surface area (Å²) in [5, 5.41) is 7.89. The van der Waals surface area contributed by atoms with Gasteiger partial charge in [0, 0.05) is 18.4 Å². The van der Waals surface area contributed by atoms with Gasteiger partial charge in [0.1, 0.15) is 0 Å². The molecule has 1 heterocycles. The zero-order valence-electron chi connectivity index (χ0n) is 17.0. The summed E-state index contributed by atoms with van der Waals surface area (Å²) in [6.07, 6.45) is 1.62. The maximum atomic E-state index is 12.5. The fraction of sp³-hybridized carbons (Fsp3) is 0.348. The number of carbonyl (C=O) groups is 1. The first-order chi connectivity index (χ1) is 14.1. The van der Waals surface area contributed by atoms with Crippen molar-refractivity contribution in [1.82, 2.24) is 20.0 Å². The van der Waals surface area contributed by atoms with Gasteiger partial charge in [0.05, 0.1) is 24.3 Å². The number of rotatable bonds is 9. The van der Waals surface area contributed by atoms with Crippen LogP contribution in [0, 0.1) is 0 Å². The second-order valence-corrected chi connectivity index (χ2v) is 6.95. The molecule has 0 radical (unpaired) electrons. The van der Waals surface area contributed by atoms with Crippen LogP contribution in [0.1, 0.15) is 31.9 Å². The number of nitrogens with zero attached hydrogens (tertiary/aromatic N) is 3. The van der Waals surface area contributed by atoms with Gasteiger partial charge in [-0.15, -0.1) is 0 Å². The van der Waals surface area contributed by atoms with Crippen LogP contribution in [0.5, 0.6) is 0 Å². The third-order valence-corrected chi connectivity index (χ3v) is 5.24. The number of aromatic nitrogens is 2. The number of para-hydroxylation sites is 1. The van der Waals surface area contributed by atoms with Crippen molar-refractivity contribution >= 4 is 16.8 Å². The van der Waals surface area contributed by atoms with Crippen LogP contribution in [-0.2, 0) is 11.3 Å². The lowest BCUT2D eigenvalue weighted by atomic mass is 10.1. The van der Waals surface area contributed by atoms with Gasteiger partial charge in [-0.1, -0.05) is 56.3 Å². The Morgan fingerprint density at radius 1 is 1.07 bits per heavy atom. The predicted molar refractivity (Wildman–Crippen MR) is 116 cm³/mol. The molecule has 0 saturated carbocycles. The van der Waals surface area contributed by atoms with E-state index in [0.29, 0.717) is 24.9 Å². The number of amides is 1.